The van der Waals surface area contributed by atoms with Gasteiger partial charge in [0.05, 0.1) is 5.52 Å². The summed E-state index contributed by atoms with van der Waals surface area (Å²) >= 11 is 6.14. The Labute approximate surface area is 156 Å². The second-order valence-corrected chi connectivity index (χ2v) is 6.61. The van der Waals surface area contributed by atoms with Gasteiger partial charge in [-0.15, -0.1) is 0 Å². The second-order valence-electron chi connectivity index (χ2n) is 6.17. The van der Waals surface area contributed by atoms with Crippen molar-refractivity contribution in [3.63, 3.8) is 0 Å². The molecule has 26 heavy (non-hydrogen) atoms. The summed E-state index contributed by atoms with van der Waals surface area (Å²) in [6.07, 6.45) is 1.70. The Hall–Kier alpha value is -2.73. The fourth-order valence-corrected chi connectivity index (χ4v) is 3.23. The van der Waals surface area contributed by atoms with Crippen LogP contribution < -0.4 is 16.2 Å². The van der Waals surface area contributed by atoms with Crippen molar-refractivity contribution in [3.8, 4) is 0 Å². The summed E-state index contributed by atoms with van der Waals surface area (Å²) in [6, 6.07) is 7.18. The number of H-pyrrole nitrogens is 1. The summed E-state index contributed by atoms with van der Waals surface area (Å²) in [6.45, 7) is 6.59. The molecule has 0 atom stereocenters. The molecule has 1 aromatic carbocycles. The number of benzene rings is 1. The highest BCUT2D eigenvalue weighted by atomic mass is 35.5. The second kappa shape index (κ2) is 7.25. The van der Waals surface area contributed by atoms with Gasteiger partial charge in [0.15, 0.2) is 0 Å². The number of aromatic amines is 1. The smallest absolute Gasteiger partial charge is 0.274 e. The van der Waals surface area contributed by atoms with Crippen molar-refractivity contribution in [2.45, 2.75) is 27.3 Å². The first kappa shape index (κ1) is 18.1. The number of hydrogen-bond acceptors (Lipinski definition) is 3. The average Bonchev–Trinajstić information content (AvgIpc) is 3.06. The molecule has 3 rings (SSSR count). The lowest BCUT2D eigenvalue weighted by Crippen LogP contribution is -2.29. The highest BCUT2D eigenvalue weighted by Gasteiger charge is 2.15. The van der Waals surface area contributed by atoms with Crippen LogP contribution in [-0.4, -0.2) is 22.1 Å². The van der Waals surface area contributed by atoms with Crippen molar-refractivity contribution in [2.24, 2.45) is 0 Å². The topological polar surface area (TPSA) is 78.4 Å². The molecular weight excluding hydrogens is 352 g/mol. The Bertz CT molecular complexity index is 1040. The molecule has 0 unspecified atom stereocenters. The van der Waals surface area contributed by atoms with E-state index in [9.17, 15) is 9.59 Å². The van der Waals surface area contributed by atoms with E-state index in [0.717, 1.165) is 28.9 Å². The molecule has 0 aliphatic rings. The number of fused-ring (bicyclic) bond motifs is 1. The SMILES string of the molecule is CCNc1cc(Cl)cc(C(=O)NCc2c(C)cc3cc[nH]n3c2=O)c1C. The third-order valence-electron chi connectivity index (χ3n) is 4.43. The summed E-state index contributed by atoms with van der Waals surface area (Å²) in [5, 5.41) is 9.40. The number of pyridine rings is 1. The molecule has 0 saturated carbocycles. The number of rotatable bonds is 5. The zero-order valence-electron chi connectivity index (χ0n) is 14.9. The zero-order chi connectivity index (χ0) is 18.8. The molecule has 0 aliphatic heterocycles. The predicted octanol–water partition coefficient (Wildman–Crippen LogP) is 3.26. The molecule has 136 valence electrons. The molecule has 7 heteroatoms. The summed E-state index contributed by atoms with van der Waals surface area (Å²) in [5.74, 6) is -0.264. The summed E-state index contributed by atoms with van der Waals surface area (Å²) < 4.78 is 1.46. The van der Waals surface area contributed by atoms with E-state index in [0.29, 0.717) is 16.1 Å². The fourth-order valence-electron chi connectivity index (χ4n) is 3.02. The number of aryl methyl sites for hydroxylation is 1. The number of amides is 1. The van der Waals surface area contributed by atoms with Gasteiger partial charge in [-0.1, -0.05) is 11.6 Å². The molecule has 2 heterocycles. The first-order valence-corrected chi connectivity index (χ1v) is 8.81. The van der Waals surface area contributed by atoms with Crippen LogP contribution in [-0.2, 0) is 6.54 Å². The van der Waals surface area contributed by atoms with Crippen LogP contribution in [0.25, 0.3) is 5.52 Å². The van der Waals surface area contributed by atoms with Crippen molar-refractivity contribution in [1.29, 1.82) is 0 Å². The Kier molecular flexibility index (Phi) is 5.04. The minimum Gasteiger partial charge on any atom is -0.385 e. The van der Waals surface area contributed by atoms with Gasteiger partial charge >= 0.3 is 0 Å². The normalized spacial score (nSPS) is 10.9. The number of nitrogens with zero attached hydrogens (tertiary/aromatic N) is 1. The van der Waals surface area contributed by atoms with Gasteiger partial charge in [-0.2, -0.15) is 0 Å². The minimum absolute atomic E-state index is 0.147. The molecule has 1 amide bonds. The summed E-state index contributed by atoms with van der Waals surface area (Å²) in [5.41, 5.74) is 4.16. The summed E-state index contributed by atoms with van der Waals surface area (Å²) in [7, 11) is 0. The number of hydrogen-bond donors (Lipinski definition) is 3. The van der Waals surface area contributed by atoms with Gasteiger partial charge in [-0.25, -0.2) is 4.52 Å². The molecule has 0 spiro atoms. The van der Waals surface area contributed by atoms with E-state index >= 15 is 0 Å². The third kappa shape index (κ3) is 3.32. The molecule has 0 aliphatic carbocycles. The van der Waals surface area contributed by atoms with Crippen LogP contribution >= 0.6 is 11.6 Å². The number of nitrogens with one attached hydrogen (secondary N) is 3. The van der Waals surface area contributed by atoms with Gasteiger partial charge in [0.1, 0.15) is 0 Å². The number of aromatic nitrogens is 2. The quantitative estimate of drug-likeness (QED) is 0.643. The lowest BCUT2D eigenvalue weighted by Gasteiger charge is -2.14. The summed E-state index contributed by atoms with van der Waals surface area (Å²) in [4.78, 5) is 25.2. The highest BCUT2D eigenvalue weighted by molar-refractivity contribution is 6.31. The van der Waals surface area contributed by atoms with Crippen LogP contribution in [0, 0.1) is 13.8 Å². The van der Waals surface area contributed by atoms with Gasteiger partial charge in [-0.3, -0.25) is 14.7 Å². The molecule has 0 bridgehead atoms. The van der Waals surface area contributed by atoms with Crippen LogP contribution in [0.4, 0.5) is 5.69 Å². The van der Waals surface area contributed by atoms with Crippen LogP contribution in [0.15, 0.2) is 35.3 Å². The monoisotopic (exact) mass is 372 g/mol. The van der Waals surface area contributed by atoms with E-state index in [4.69, 9.17) is 11.6 Å². The fraction of sp³-hybridized carbons (Fsp3) is 0.263. The van der Waals surface area contributed by atoms with Crippen molar-refractivity contribution in [1.82, 2.24) is 14.9 Å². The maximum Gasteiger partial charge on any atom is 0.274 e. The van der Waals surface area contributed by atoms with E-state index < -0.39 is 0 Å². The van der Waals surface area contributed by atoms with Crippen LogP contribution in [0.3, 0.4) is 0 Å². The maximum atomic E-state index is 12.7. The van der Waals surface area contributed by atoms with Gasteiger partial charge in [-0.05, 0) is 56.2 Å². The molecule has 0 saturated heterocycles. The van der Waals surface area contributed by atoms with E-state index in [1.807, 2.05) is 32.9 Å². The molecule has 3 N–H and O–H groups in total. The largest absolute Gasteiger partial charge is 0.385 e. The number of carbonyl (C=O) groups is 1. The Morgan fingerprint density at radius 2 is 2.04 bits per heavy atom. The van der Waals surface area contributed by atoms with Crippen molar-refractivity contribution in [2.75, 3.05) is 11.9 Å². The highest BCUT2D eigenvalue weighted by Crippen LogP contribution is 2.25. The van der Waals surface area contributed by atoms with Crippen LogP contribution in [0.5, 0.6) is 0 Å². The van der Waals surface area contributed by atoms with Crippen molar-refractivity contribution in [3.05, 3.63) is 68.1 Å². The zero-order valence-corrected chi connectivity index (χ0v) is 15.7. The first-order chi connectivity index (χ1) is 12.4. The third-order valence-corrected chi connectivity index (χ3v) is 4.65. The van der Waals surface area contributed by atoms with Gasteiger partial charge in [0.25, 0.3) is 11.5 Å². The number of anilines is 1. The lowest BCUT2D eigenvalue weighted by atomic mass is 10.1. The average molecular weight is 373 g/mol. The Morgan fingerprint density at radius 1 is 1.27 bits per heavy atom. The first-order valence-electron chi connectivity index (χ1n) is 8.43. The molecule has 6 nitrogen and oxygen atoms in total. The maximum absolute atomic E-state index is 12.7. The van der Waals surface area contributed by atoms with Crippen LogP contribution in [0.2, 0.25) is 5.02 Å². The molecular formula is C19H21ClN4O2. The van der Waals surface area contributed by atoms with E-state index in [-0.39, 0.29) is 18.0 Å². The van der Waals surface area contributed by atoms with E-state index in [1.54, 1.807) is 18.3 Å². The minimum atomic E-state index is -0.264. The van der Waals surface area contributed by atoms with Gasteiger partial charge < -0.3 is 10.6 Å². The lowest BCUT2D eigenvalue weighted by molar-refractivity contribution is 0.0950. The Morgan fingerprint density at radius 3 is 2.77 bits per heavy atom. The molecule has 2 aromatic heterocycles. The van der Waals surface area contributed by atoms with Crippen molar-refractivity contribution >= 4 is 28.7 Å². The molecule has 0 radical (unpaired) electrons. The number of carbonyl (C=O) groups excluding carboxylic acids is 1. The van der Waals surface area contributed by atoms with Crippen molar-refractivity contribution < 1.29 is 4.79 Å². The Balaban J connectivity index is 1.87. The van der Waals surface area contributed by atoms with E-state index in [1.165, 1.54) is 4.52 Å². The molecule has 3 aromatic rings. The van der Waals surface area contributed by atoms with Gasteiger partial charge in [0.2, 0.25) is 0 Å². The van der Waals surface area contributed by atoms with Crippen LogP contribution in [0.1, 0.15) is 34.0 Å². The number of halogens is 1. The van der Waals surface area contributed by atoms with Gasteiger partial charge in [0, 0.05) is 41.1 Å². The predicted molar refractivity (Wildman–Crippen MR) is 104 cm³/mol. The standard InChI is InChI=1S/C19H21ClN4O2/c1-4-21-17-9-13(20)8-15(12(17)3)18(25)22-10-16-11(2)7-14-5-6-23-24(14)19(16)26/h5-9,21,23H,4,10H2,1-3H3,(H,22,25). The molecule has 0 fully saturated rings. The van der Waals surface area contributed by atoms with E-state index in [2.05, 4.69) is 15.7 Å².